The second kappa shape index (κ2) is 7.01. The summed E-state index contributed by atoms with van der Waals surface area (Å²) in [6.45, 7) is 2.85. The minimum absolute atomic E-state index is 0.0561. The number of carbonyl (C=O) groups is 2. The minimum Gasteiger partial charge on any atom is -0.495 e. The molecule has 0 aliphatic carbocycles. The smallest absolute Gasteiger partial charge is 0.227 e. The molecule has 132 valence electrons. The number of aryl methyl sites for hydroxylation is 1. The molecular formula is C19H23N3O3. The van der Waals surface area contributed by atoms with Crippen LogP contribution in [0.1, 0.15) is 17.8 Å². The summed E-state index contributed by atoms with van der Waals surface area (Å²) >= 11 is 0. The van der Waals surface area contributed by atoms with Crippen LogP contribution in [0.15, 0.2) is 36.4 Å². The number of nitrogens with zero attached hydrogens (tertiary/aromatic N) is 2. The van der Waals surface area contributed by atoms with Crippen molar-refractivity contribution in [3.05, 3.63) is 47.8 Å². The number of aromatic nitrogens is 1. The third kappa shape index (κ3) is 3.38. The van der Waals surface area contributed by atoms with E-state index in [4.69, 9.17) is 4.74 Å². The van der Waals surface area contributed by atoms with Gasteiger partial charge >= 0.3 is 0 Å². The lowest BCUT2D eigenvalue weighted by Crippen LogP contribution is -2.33. The summed E-state index contributed by atoms with van der Waals surface area (Å²) in [5.41, 5.74) is 2.89. The maximum atomic E-state index is 12.5. The van der Waals surface area contributed by atoms with Crippen molar-refractivity contribution < 1.29 is 14.3 Å². The Hall–Kier alpha value is -2.76. The number of amides is 2. The number of carbonyl (C=O) groups excluding carboxylic acids is 2. The normalized spacial score (nSPS) is 17.0. The molecule has 6 nitrogen and oxygen atoms in total. The minimum atomic E-state index is -0.348. The Balaban J connectivity index is 1.65. The lowest BCUT2D eigenvalue weighted by Gasteiger charge is -2.19. The van der Waals surface area contributed by atoms with Crippen molar-refractivity contribution in [3.63, 3.8) is 0 Å². The lowest BCUT2D eigenvalue weighted by molar-refractivity contribution is -0.126. The van der Waals surface area contributed by atoms with E-state index in [0.29, 0.717) is 24.5 Å². The van der Waals surface area contributed by atoms with Crippen LogP contribution in [0.4, 0.5) is 5.69 Å². The summed E-state index contributed by atoms with van der Waals surface area (Å²) in [5.74, 6) is 0.138. The molecule has 1 fully saturated rings. The first kappa shape index (κ1) is 17.1. The topological polar surface area (TPSA) is 63.6 Å². The van der Waals surface area contributed by atoms with Crippen LogP contribution in [-0.4, -0.2) is 30.0 Å². The SMILES string of the molecule is COc1ccccc1N1C[C@@H](C(=O)NCc2ccc(C)n2C)CC1=O. The molecule has 0 spiro atoms. The van der Waals surface area contributed by atoms with Gasteiger partial charge in [-0.1, -0.05) is 12.1 Å². The van der Waals surface area contributed by atoms with E-state index < -0.39 is 0 Å². The van der Waals surface area contributed by atoms with Gasteiger partial charge in [-0.15, -0.1) is 0 Å². The Morgan fingerprint density at radius 1 is 1.28 bits per heavy atom. The number of anilines is 1. The fraction of sp³-hybridized carbons (Fsp3) is 0.368. The van der Waals surface area contributed by atoms with E-state index in [1.807, 2.05) is 54.9 Å². The average Bonchev–Trinajstić information content (AvgIpc) is 3.16. The summed E-state index contributed by atoms with van der Waals surface area (Å²) in [7, 11) is 3.55. The Morgan fingerprint density at radius 2 is 2.04 bits per heavy atom. The highest BCUT2D eigenvalue weighted by Gasteiger charge is 2.36. The van der Waals surface area contributed by atoms with Crippen LogP contribution in [-0.2, 0) is 23.2 Å². The molecule has 1 saturated heterocycles. The molecule has 1 aliphatic heterocycles. The zero-order valence-corrected chi connectivity index (χ0v) is 14.8. The van der Waals surface area contributed by atoms with Crippen LogP contribution in [0.2, 0.25) is 0 Å². The molecule has 3 rings (SSSR count). The predicted octanol–water partition coefficient (Wildman–Crippen LogP) is 2.01. The number of hydrogen-bond donors (Lipinski definition) is 1. The van der Waals surface area contributed by atoms with E-state index >= 15 is 0 Å². The van der Waals surface area contributed by atoms with Gasteiger partial charge in [-0.2, -0.15) is 0 Å². The summed E-state index contributed by atoms with van der Waals surface area (Å²) in [4.78, 5) is 26.5. The van der Waals surface area contributed by atoms with Crippen LogP contribution < -0.4 is 15.0 Å². The first-order valence-corrected chi connectivity index (χ1v) is 8.33. The number of ether oxygens (including phenoxy) is 1. The maximum Gasteiger partial charge on any atom is 0.227 e. The van der Waals surface area contributed by atoms with Gasteiger partial charge in [0.15, 0.2) is 0 Å². The van der Waals surface area contributed by atoms with Crippen LogP contribution in [0, 0.1) is 12.8 Å². The largest absolute Gasteiger partial charge is 0.495 e. The van der Waals surface area contributed by atoms with Gasteiger partial charge in [-0.25, -0.2) is 0 Å². The fourth-order valence-electron chi connectivity index (χ4n) is 3.14. The summed E-state index contributed by atoms with van der Waals surface area (Å²) in [5, 5.41) is 2.95. The van der Waals surface area contributed by atoms with Crippen LogP contribution in [0.25, 0.3) is 0 Å². The van der Waals surface area contributed by atoms with Crippen molar-refractivity contribution in [1.82, 2.24) is 9.88 Å². The molecule has 1 aromatic heterocycles. The highest BCUT2D eigenvalue weighted by atomic mass is 16.5. The number of benzene rings is 1. The number of nitrogens with one attached hydrogen (secondary N) is 1. The molecule has 25 heavy (non-hydrogen) atoms. The van der Waals surface area contributed by atoms with Gasteiger partial charge < -0.3 is 19.5 Å². The molecule has 1 aliphatic rings. The van der Waals surface area contributed by atoms with Gasteiger partial charge in [0.2, 0.25) is 11.8 Å². The number of rotatable bonds is 5. The van der Waals surface area contributed by atoms with Crippen molar-refractivity contribution >= 4 is 17.5 Å². The summed E-state index contributed by atoms with van der Waals surface area (Å²) in [6, 6.07) is 11.4. The predicted molar refractivity (Wildman–Crippen MR) is 95.5 cm³/mol. The number of methoxy groups -OCH3 is 1. The van der Waals surface area contributed by atoms with E-state index in [1.165, 1.54) is 0 Å². The van der Waals surface area contributed by atoms with E-state index in [0.717, 1.165) is 11.4 Å². The van der Waals surface area contributed by atoms with Gasteiger partial charge in [0, 0.05) is 31.4 Å². The molecule has 1 aromatic carbocycles. The number of hydrogen-bond acceptors (Lipinski definition) is 3. The third-order valence-corrected chi connectivity index (χ3v) is 4.79. The first-order valence-electron chi connectivity index (χ1n) is 8.33. The molecule has 0 unspecified atom stereocenters. The maximum absolute atomic E-state index is 12.5. The zero-order valence-electron chi connectivity index (χ0n) is 14.8. The third-order valence-electron chi connectivity index (χ3n) is 4.79. The highest BCUT2D eigenvalue weighted by molar-refractivity contribution is 6.01. The van der Waals surface area contributed by atoms with E-state index in [9.17, 15) is 9.59 Å². The van der Waals surface area contributed by atoms with Crippen molar-refractivity contribution in [3.8, 4) is 5.75 Å². The van der Waals surface area contributed by atoms with Gasteiger partial charge in [0.05, 0.1) is 25.3 Å². The average molecular weight is 341 g/mol. The van der Waals surface area contributed by atoms with E-state index in [1.54, 1.807) is 12.0 Å². The van der Waals surface area contributed by atoms with Crippen molar-refractivity contribution in [2.75, 3.05) is 18.6 Å². The van der Waals surface area contributed by atoms with E-state index in [2.05, 4.69) is 5.32 Å². The Bertz CT molecular complexity index is 797. The molecule has 0 saturated carbocycles. The number of para-hydroxylation sites is 2. The quantitative estimate of drug-likeness (QED) is 0.905. The van der Waals surface area contributed by atoms with Gasteiger partial charge in [0.1, 0.15) is 5.75 Å². The molecule has 6 heteroatoms. The molecule has 2 heterocycles. The molecular weight excluding hydrogens is 318 g/mol. The molecule has 0 radical (unpaired) electrons. The van der Waals surface area contributed by atoms with Gasteiger partial charge in [-0.3, -0.25) is 9.59 Å². The van der Waals surface area contributed by atoms with Gasteiger partial charge in [0.25, 0.3) is 0 Å². The van der Waals surface area contributed by atoms with Crippen LogP contribution >= 0.6 is 0 Å². The molecule has 2 amide bonds. The Labute approximate surface area is 147 Å². The Kier molecular flexibility index (Phi) is 4.79. The molecule has 0 bridgehead atoms. The van der Waals surface area contributed by atoms with Crippen molar-refractivity contribution in [2.24, 2.45) is 13.0 Å². The monoisotopic (exact) mass is 341 g/mol. The molecule has 1 N–H and O–H groups in total. The van der Waals surface area contributed by atoms with Crippen LogP contribution in [0.5, 0.6) is 5.75 Å². The zero-order chi connectivity index (χ0) is 18.0. The second-order valence-corrected chi connectivity index (χ2v) is 6.32. The van der Waals surface area contributed by atoms with Crippen LogP contribution in [0.3, 0.4) is 0 Å². The molecule has 2 aromatic rings. The Morgan fingerprint density at radius 3 is 2.72 bits per heavy atom. The first-order chi connectivity index (χ1) is 12.0. The standard InChI is InChI=1S/C19H23N3O3/c1-13-8-9-15(21(13)2)11-20-19(24)14-10-18(23)22(12-14)16-6-4-5-7-17(16)25-3/h4-9,14H,10-12H2,1-3H3,(H,20,24)/t14-/m0/s1. The summed E-state index contributed by atoms with van der Waals surface area (Å²) in [6.07, 6.45) is 0.218. The fourth-order valence-corrected chi connectivity index (χ4v) is 3.14. The summed E-state index contributed by atoms with van der Waals surface area (Å²) < 4.78 is 7.37. The van der Waals surface area contributed by atoms with E-state index in [-0.39, 0.29) is 24.2 Å². The van der Waals surface area contributed by atoms with Gasteiger partial charge in [-0.05, 0) is 31.2 Å². The highest BCUT2D eigenvalue weighted by Crippen LogP contribution is 2.32. The lowest BCUT2D eigenvalue weighted by atomic mass is 10.1. The second-order valence-electron chi connectivity index (χ2n) is 6.32. The molecule has 1 atom stereocenters. The van der Waals surface area contributed by atoms with Crippen molar-refractivity contribution in [2.45, 2.75) is 19.9 Å². The van der Waals surface area contributed by atoms with Crippen molar-refractivity contribution in [1.29, 1.82) is 0 Å².